The van der Waals surface area contributed by atoms with Crippen molar-refractivity contribution in [1.29, 1.82) is 0 Å². The number of rotatable bonds is 7. The molecule has 0 aliphatic heterocycles. The van der Waals surface area contributed by atoms with Crippen molar-refractivity contribution in [3.63, 3.8) is 0 Å². The predicted octanol–water partition coefficient (Wildman–Crippen LogP) is 1.73. The van der Waals surface area contributed by atoms with Crippen molar-refractivity contribution in [2.45, 2.75) is 13.3 Å². The summed E-state index contributed by atoms with van der Waals surface area (Å²) in [6, 6.07) is 5.73. The zero-order valence-corrected chi connectivity index (χ0v) is 12.4. The molecule has 1 aromatic rings. The lowest BCUT2D eigenvalue weighted by atomic mass is 10.1. The molecule has 5 nitrogen and oxygen atoms in total. The van der Waals surface area contributed by atoms with E-state index in [1.54, 1.807) is 14.2 Å². The Balaban J connectivity index is 2.56. The minimum Gasteiger partial charge on any atom is -0.497 e. The summed E-state index contributed by atoms with van der Waals surface area (Å²) in [5, 5.41) is 3.07. The molecule has 0 spiro atoms. The molecule has 0 atom stereocenters. The third-order valence-corrected chi connectivity index (χ3v) is 2.71. The molecule has 0 saturated carbocycles. The molecule has 0 aliphatic rings. The van der Waals surface area contributed by atoms with E-state index in [-0.39, 0.29) is 0 Å². The smallest absolute Gasteiger partial charge is 0.188 e. The highest BCUT2D eigenvalue weighted by Gasteiger charge is 2.05. The first-order valence-electron chi connectivity index (χ1n) is 6.46. The number of ether oxygens (including phenoxy) is 2. The van der Waals surface area contributed by atoms with Gasteiger partial charge in [-0.1, -0.05) is 12.2 Å². The number of nitrogens with two attached hydrogens (primary N) is 1. The first-order chi connectivity index (χ1) is 9.56. The van der Waals surface area contributed by atoms with Crippen molar-refractivity contribution in [2.24, 2.45) is 10.7 Å². The molecular weight excluding hydrogens is 254 g/mol. The van der Waals surface area contributed by atoms with Crippen LogP contribution in [0.15, 0.2) is 35.3 Å². The van der Waals surface area contributed by atoms with Crippen LogP contribution in [-0.4, -0.2) is 33.3 Å². The van der Waals surface area contributed by atoms with Crippen LogP contribution in [0.5, 0.6) is 11.5 Å². The second-order valence-corrected chi connectivity index (χ2v) is 4.51. The Morgan fingerprint density at radius 2 is 2.10 bits per heavy atom. The molecular formula is C15H23N3O2. The van der Waals surface area contributed by atoms with Gasteiger partial charge in [0, 0.05) is 6.54 Å². The first kappa shape index (κ1) is 15.9. The van der Waals surface area contributed by atoms with E-state index in [0.29, 0.717) is 19.0 Å². The zero-order valence-electron chi connectivity index (χ0n) is 12.4. The average molecular weight is 277 g/mol. The zero-order chi connectivity index (χ0) is 15.0. The van der Waals surface area contributed by atoms with Gasteiger partial charge in [0.15, 0.2) is 5.96 Å². The van der Waals surface area contributed by atoms with Gasteiger partial charge in [-0.15, -0.1) is 0 Å². The van der Waals surface area contributed by atoms with Gasteiger partial charge >= 0.3 is 0 Å². The van der Waals surface area contributed by atoms with Gasteiger partial charge in [0.2, 0.25) is 0 Å². The van der Waals surface area contributed by atoms with Crippen molar-refractivity contribution in [3.05, 3.63) is 35.9 Å². The van der Waals surface area contributed by atoms with E-state index >= 15 is 0 Å². The maximum atomic E-state index is 5.75. The number of aliphatic imine (C=N–C) groups is 1. The lowest BCUT2D eigenvalue weighted by Gasteiger charge is -2.11. The Kier molecular flexibility index (Phi) is 6.43. The van der Waals surface area contributed by atoms with Crippen molar-refractivity contribution >= 4 is 5.96 Å². The number of methoxy groups -OCH3 is 2. The Morgan fingerprint density at radius 1 is 1.35 bits per heavy atom. The van der Waals surface area contributed by atoms with Crippen LogP contribution in [0.2, 0.25) is 0 Å². The Labute approximate surface area is 120 Å². The average Bonchev–Trinajstić information content (AvgIpc) is 2.45. The van der Waals surface area contributed by atoms with Gasteiger partial charge in [-0.25, -0.2) is 4.99 Å². The maximum absolute atomic E-state index is 5.75. The molecule has 110 valence electrons. The van der Waals surface area contributed by atoms with Crippen molar-refractivity contribution < 1.29 is 9.47 Å². The monoisotopic (exact) mass is 277 g/mol. The third kappa shape index (κ3) is 5.22. The normalized spacial score (nSPS) is 11.1. The molecule has 0 bridgehead atoms. The minimum absolute atomic E-state index is 0.426. The van der Waals surface area contributed by atoms with Crippen LogP contribution < -0.4 is 20.5 Å². The topological polar surface area (TPSA) is 68.9 Å². The number of hydrogen-bond acceptors (Lipinski definition) is 3. The summed E-state index contributed by atoms with van der Waals surface area (Å²) in [5.41, 5.74) is 7.79. The fourth-order valence-electron chi connectivity index (χ4n) is 1.68. The van der Waals surface area contributed by atoms with Crippen LogP contribution in [0.25, 0.3) is 0 Å². The fourth-order valence-corrected chi connectivity index (χ4v) is 1.68. The molecule has 0 unspecified atom stereocenters. The molecule has 0 fully saturated rings. The molecule has 1 rings (SSSR count). The van der Waals surface area contributed by atoms with Crippen molar-refractivity contribution in [1.82, 2.24) is 5.32 Å². The first-order valence-corrected chi connectivity index (χ1v) is 6.46. The summed E-state index contributed by atoms with van der Waals surface area (Å²) in [7, 11) is 3.30. The van der Waals surface area contributed by atoms with Crippen LogP contribution in [0.3, 0.4) is 0 Å². The van der Waals surface area contributed by atoms with Crippen LogP contribution in [-0.2, 0) is 6.42 Å². The fraction of sp³-hybridized carbons (Fsp3) is 0.400. The van der Waals surface area contributed by atoms with E-state index in [0.717, 1.165) is 29.1 Å². The van der Waals surface area contributed by atoms with E-state index in [2.05, 4.69) is 16.9 Å². The predicted molar refractivity (Wildman–Crippen MR) is 82.6 cm³/mol. The van der Waals surface area contributed by atoms with E-state index in [1.807, 2.05) is 25.1 Å². The number of benzene rings is 1. The summed E-state index contributed by atoms with van der Waals surface area (Å²) in [4.78, 5) is 4.16. The van der Waals surface area contributed by atoms with Gasteiger partial charge in [0.1, 0.15) is 11.5 Å². The molecule has 0 radical (unpaired) electrons. The van der Waals surface area contributed by atoms with Crippen LogP contribution >= 0.6 is 0 Å². The summed E-state index contributed by atoms with van der Waals surface area (Å²) in [5.74, 6) is 2.07. The standard InChI is InChI=1S/C15H23N3O2/c1-11(2)10-18-15(16)17-8-7-12-9-13(19-3)5-6-14(12)20-4/h5-6,9H,1,7-8,10H2,2-4H3,(H3,16,17,18). The van der Waals surface area contributed by atoms with Gasteiger partial charge in [-0.3, -0.25) is 0 Å². The van der Waals surface area contributed by atoms with Gasteiger partial charge in [0.05, 0.1) is 20.8 Å². The second-order valence-electron chi connectivity index (χ2n) is 4.51. The second kappa shape index (κ2) is 8.09. The van der Waals surface area contributed by atoms with Crippen LogP contribution in [0.1, 0.15) is 12.5 Å². The Hall–Kier alpha value is -2.17. The van der Waals surface area contributed by atoms with Crippen molar-refractivity contribution in [2.75, 3.05) is 27.3 Å². The van der Waals surface area contributed by atoms with Gasteiger partial charge in [-0.05, 0) is 37.1 Å². The number of guanidine groups is 1. The summed E-state index contributed by atoms with van der Waals surface area (Å²) >= 11 is 0. The van der Waals surface area contributed by atoms with Gasteiger partial charge < -0.3 is 20.5 Å². The molecule has 0 aromatic heterocycles. The van der Waals surface area contributed by atoms with Gasteiger partial charge in [0.25, 0.3) is 0 Å². The van der Waals surface area contributed by atoms with Crippen LogP contribution in [0, 0.1) is 0 Å². The summed E-state index contributed by atoms with van der Waals surface area (Å²) in [6.07, 6.45) is 0.768. The summed E-state index contributed by atoms with van der Waals surface area (Å²) in [6.45, 7) is 6.91. The maximum Gasteiger partial charge on any atom is 0.188 e. The Morgan fingerprint density at radius 3 is 2.70 bits per heavy atom. The highest BCUT2D eigenvalue weighted by molar-refractivity contribution is 5.77. The molecule has 3 N–H and O–H groups in total. The molecule has 0 aliphatic carbocycles. The quantitative estimate of drug-likeness (QED) is 0.452. The number of nitrogens with one attached hydrogen (secondary N) is 1. The SMILES string of the molecule is C=C(C)CN=C(N)NCCc1cc(OC)ccc1OC. The summed E-state index contributed by atoms with van der Waals surface area (Å²) < 4.78 is 10.5. The highest BCUT2D eigenvalue weighted by Crippen LogP contribution is 2.23. The molecule has 1 aromatic carbocycles. The molecule has 0 saturated heterocycles. The Bertz CT molecular complexity index is 484. The molecule has 0 amide bonds. The lowest BCUT2D eigenvalue weighted by Crippen LogP contribution is -2.33. The van der Waals surface area contributed by atoms with Gasteiger partial charge in [-0.2, -0.15) is 0 Å². The minimum atomic E-state index is 0.426. The molecule has 20 heavy (non-hydrogen) atoms. The van der Waals surface area contributed by atoms with E-state index in [1.165, 1.54) is 0 Å². The van der Waals surface area contributed by atoms with Crippen molar-refractivity contribution in [3.8, 4) is 11.5 Å². The molecule has 5 heteroatoms. The largest absolute Gasteiger partial charge is 0.497 e. The van der Waals surface area contributed by atoms with E-state index in [4.69, 9.17) is 15.2 Å². The number of nitrogens with zero attached hydrogens (tertiary/aromatic N) is 1. The van der Waals surface area contributed by atoms with E-state index < -0.39 is 0 Å². The third-order valence-electron chi connectivity index (χ3n) is 2.71. The number of hydrogen-bond donors (Lipinski definition) is 2. The van der Waals surface area contributed by atoms with E-state index in [9.17, 15) is 0 Å². The lowest BCUT2D eigenvalue weighted by molar-refractivity contribution is 0.398. The van der Waals surface area contributed by atoms with Crippen LogP contribution in [0.4, 0.5) is 0 Å². The molecule has 0 heterocycles. The highest BCUT2D eigenvalue weighted by atomic mass is 16.5.